The van der Waals surface area contributed by atoms with Gasteiger partial charge in [-0.1, -0.05) is 41.1 Å². The Labute approximate surface area is 175 Å². The van der Waals surface area contributed by atoms with E-state index in [4.69, 9.17) is 0 Å². The van der Waals surface area contributed by atoms with Gasteiger partial charge in [-0.25, -0.2) is 4.79 Å². The second kappa shape index (κ2) is 7.94. The molecule has 144 valence electrons. The molecule has 1 heterocycles. The molecule has 4 rings (SSSR count). The van der Waals surface area contributed by atoms with Gasteiger partial charge in [-0.2, -0.15) is 0 Å². The first-order chi connectivity index (χ1) is 12.5. The highest BCUT2D eigenvalue weighted by Crippen LogP contribution is 2.54. The molecule has 27 heavy (non-hydrogen) atoms. The summed E-state index contributed by atoms with van der Waals surface area (Å²) in [5.41, 5.74) is 5.77. The largest absolute Gasteiger partial charge is 0.478 e. The van der Waals surface area contributed by atoms with E-state index >= 15 is 0 Å². The van der Waals surface area contributed by atoms with Crippen LogP contribution in [0.4, 0.5) is 0 Å². The number of halogens is 2. The van der Waals surface area contributed by atoms with Crippen molar-refractivity contribution in [2.45, 2.75) is 32.1 Å². The summed E-state index contributed by atoms with van der Waals surface area (Å²) in [6.45, 7) is 7.76. The van der Waals surface area contributed by atoms with Crippen LogP contribution >= 0.6 is 28.3 Å². The van der Waals surface area contributed by atoms with Crippen LogP contribution in [0.1, 0.15) is 57.8 Å². The summed E-state index contributed by atoms with van der Waals surface area (Å²) in [6, 6.07) is 12.2. The van der Waals surface area contributed by atoms with Gasteiger partial charge < -0.3 is 10.0 Å². The molecule has 1 saturated heterocycles. The Balaban J connectivity index is 0.00000210. The third kappa shape index (κ3) is 3.55. The third-order valence-corrected chi connectivity index (χ3v) is 7.10. The van der Waals surface area contributed by atoms with Crippen LogP contribution in [0, 0.1) is 12.8 Å². The van der Waals surface area contributed by atoms with Crippen LogP contribution in [0.15, 0.2) is 40.9 Å². The minimum Gasteiger partial charge on any atom is -0.478 e. The van der Waals surface area contributed by atoms with Crippen LogP contribution in [0.3, 0.4) is 0 Å². The van der Waals surface area contributed by atoms with Crippen molar-refractivity contribution in [3.05, 3.63) is 68.7 Å². The number of rotatable bonds is 3. The zero-order valence-corrected chi connectivity index (χ0v) is 18.0. The number of benzene rings is 2. The van der Waals surface area contributed by atoms with E-state index < -0.39 is 5.97 Å². The first-order valence-corrected chi connectivity index (χ1v) is 10.1. The molecule has 3 nitrogen and oxygen atoms in total. The second-order valence-electron chi connectivity index (χ2n) is 7.59. The summed E-state index contributed by atoms with van der Waals surface area (Å²) in [7, 11) is 0. The monoisotopic (exact) mass is 449 g/mol. The smallest absolute Gasteiger partial charge is 0.335 e. The van der Waals surface area contributed by atoms with Gasteiger partial charge in [0.1, 0.15) is 0 Å². The molecule has 0 amide bonds. The maximum atomic E-state index is 11.2. The minimum atomic E-state index is -0.864. The van der Waals surface area contributed by atoms with Crippen molar-refractivity contribution in [2.24, 2.45) is 5.92 Å². The first kappa shape index (κ1) is 20.4. The number of likely N-dealkylation sites (tertiary alicyclic amines) is 1. The average molecular weight is 451 g/mol. The molecule has 1 fully saturated rings. The van der Waals surface area contributed by atoms with Gasteiger partial charge in [0.2, 0.25) is 0 Å². The summed E-state index contributed by atoms with van der Waals surface area (Å²) in [6.07, 6.45) is 1.19. The van der Waals surface area contributed by atoms with Gasteiger partial charge in [-0.3, -0.25) is 0 Å². The first-order valence-electron chi connectivity index (χ1n) is 9.35. The molecule has 1 aliphatic carbocycles. The summed E-state index contributed by atoms with van der Waals surface area (Å²) in [5, 5.41) is 9.20. The van der Waals surface area contributed by atoms with Crippen molar-refractivity contribution in [3.63, 3.8) is 0 Å². The highest BCUT2D eigenvalue weighted by Gasteiger charge is 2.44. The summed E-state index contributed by atoms with van der Waals surface area (Å²) >= 11 is 3.72. The van der Waals surface area contributed by atoms with Gasteiger partial charge in [-0.05, 0) is 72.8 Å². The second-order valence-corrected chi connectivity index (χ2v) is 8.44. The Morgan fingerprint density at radius 1 is 1.22 bits per heavy atom. The Morgan fingerprint density at radius 2 is 1.93 bits per heavy atom. The molecule has 1 aliphatic heterocycles. The van der Waals surface area contributed by atoms with E-state index in [0.29, 0.717) is 23.3 Å². The Kier molecular flexibility index (Phi) is 5.99. The number of aromatic carboxylic acids is 1. The summed E-state index contributed by atoms with van der Waals surface area (Å²) < 4.78 is 1.19. The van der Waals surface area contributed by atoms with E-state index in [1.807, 2.05) is 12.1 Å². The number of hydrogen-bond acceptors (Lipinski definition) is 2. The van der Waals surface area contributed by atoms with Gasteiger partial charge in [-0.15, -0.1) is 12.4 Å². The quantitative estimate of drug-likeness (QED) is 0.676. The number of hydrogen-bond donors (Lipinski definition) is 1. The van der Waals surface area contributed by atoms with Gasteiger partial charge in [0.05, 0.1) is 5.56 Å². The summed E-state index contributed by atoms with van der Waals surface area (Å²) in [4.78, 5) is 13.8. The molecule has 5 heteroatoms. The number of piperidine rings is 1. The fraction of sp³-hybridized carbons (Fsp3) is 0.409. The highest BCUT2D eigenvalue weighted by molar-refractivity contribution is 9.10. The molecule has 3 atom stereocenters. The van der Waals surface area contributed by atoms with Crippen molar-refractivity contribution in [3.8, 4) is 0 Å². The summed E-state index contributed by atoms with van der Waals surface area (Å²) in [5.74, 6) is 0.651. The Bertz CT molecular complexity index is 852. The van der Waals surface area contributed by atoms with Crippen LogP contribution in [0.25, 0.3) is 0 Å². The van der Waals surface area contributed by atoms with E-state index in [1.165, 1.54) is 33.1 Å². The third-order valence-electron chi connectivity index (χ3n) is 6.24. The molecule has 0 spiro atoms. The van der Waals surface area contributed by atoms with Crippen LogP contribution in [-0.4, -0.2) is 35.6 Å². The number of likely N-dealkylation sites (N-methyl/N-ethyl adjacent to an activating group) is 1. The lowest BCUT2D eigenvalue weighted by Crippen LogP contribution is -2.38. The van der Waals surface area contributed by atoms with Gasteiger partial charge in [0, 0.05) is 22.9 Å². The van der Waals surface area contributed by atoms with Crippen LogP contribution < -0.4 is 0 Å². The standard InChI is InChI=1S/C22H24BrNO2.ClH/c1-3-24-9-8-16-19(12-24)17-11-20(23)13(2)10-18(17)21(16)14-4-6-15(7-5-14)22(25)26;/h4-7,10-11,16,19,21H,3,8-9,12H2,1-2H3,(H,25,26);1H/t16-,19+,21+;/m1./s1. The lowest BCUT2D eigenvalue weighted by atomic mass is 9.78. The molecule has 0 saturated carbocycles. The predicted molar refractivity (Wildman–Crippen MR) is 114 cm³/mol. The molecular weight excluding hydrogens is 426 g/mol. The Hall–Kier alpha value is -1.36. The molecule has 0 bridgehead atoms. The number of nitrogens with zero attached hydrogens (tertiary/aromatic N) is 1. The maximum absolute atomic E-state index is 11.2. The van der Waals surface area contributed by atoms with Crippen LogP contribution in [0.2, 0.25) is 0 Å². The molecule has 2 aromatic carbocycles. The maximum Gasteiger partial charge on any atom is 0.335 e. The average Bonchev–Trinajstić information content (AvgIpc) is 2.94. The number of fused-ring (bicyclic) bond motifs is 3. The molecule has 0 aromatic heterocycles. The molecule has 1 N–H and O–H groups in total. The van der Waals surface area contributed by atoms with Crippen LogP contribution in [-0.2, 0) is 0 Å². The number of carboxylic acids is 1. The topological polar surface area (TPSA) is 40.5 Å². The van der Waals surface area contributed by atoms with E-state index in [9.17, 15) is 9.90 Å². The lowest BCUT2D eigenvalue weighted by Gasteiger charge is -2.37. The van der Waals surface area contributed by atoms with Crippen molar-refractivity contribution < 1.29 is 9.90 Å². The number of aryl methyl sites for hydroxylation is 1. The highest BCUT2D eigenvalue weighted by atomic mass is 79.9. The molecule has 2 aromatic rings. The SMILES string of the molecule is CCN1CC[C@H]2[C@H](c3ccc(C(=O)O)cc3)c3cc(C)c(Br)cc3[C@H]2C1.Cl. The van der Waals surface area contributed by atoms with Crippen molar-refractivity contribution in [1.29, 1.82) is 0 Å². The molecular formula is C22H25BrClNO2. The lowest BCUT2D eigenvalue weighted by molar-refractivity contribution is 0.0697. The van der Waals surface area contributed by atoms with Gasteiger partial charge >= 0.3 is 5.97 Å². The van der Waals surface area contributed by atoms with Crippen molar-refractivity contribution in [1.82, 2.24) is 4.90 Å². The normalized spacial score (nSPS) is 24.0. The minimum absolute atomic E-state index is 0. The molecule has 0 radical (unpaired) electrons. The zero-order valence-electron chi connectivity index (χ0n) is 15.6. The molecule has 0 unspecified atom stereocenters. The van der Waals surface area contributed by atoms with Gasteiger partial charge in [0.15, 0.2) is 0 Å². The van der Waals surface area contributed by atoms with Crippen LogP contribution in [0.5, 0.6) is 0 Å². The fourth-order valence-corrected chi connectivity index (χ4v) is 5.21. The Morgan fingerprint density at radius 3 is 2.56 bits per heavy atom. The number of carbonyl (C=O) groups is 1. The van der Waals surface area contributed by atoms with E-state index in [2.05, 4.69) is 46.8 Å². The van der Waals surface area contributed by atoms with E-state index in [1.54, 1.807) is 12.1 Å². The zero-order chi connectivity index (χ0) is 18.4. The van der Waals surface area contributed by atoms with E-state index in [-0.39, 0.29) is 12.4 Å². The molecule has 2 aliphatic rings. The van der Waals surface area contributed by atoms with Gasteiger partial charge in [0.25, 0.3) is 0 Å². The van der Waals surface area contributed by atoms with Crippen molar-refractivity contribution in [2.75, 3.05) is 19.6 Å². The fourth-order valence-electron chi connectivity index (χ4n) is 4.85. The predicted octanol–water partition coefficient (Wildman–Crippen LogP) is 5.45. The van der Waals surface area contributed by atoms with E-state index in [0.717, 1.165) is 19.6 Å². The number of carboxylic acid groups (broad SMARTS) is 1. The van der Waals surface area contributed by atoms with Crippen molar-refractivity contribution >= 4 is 34.3 Å².